The average molecular weight is 298 g/mol. The molecule has 1 aliphatic heterocycles. The first-order valence-electron chi connectivity index (χ1n) is 7.72. The predicted molar refractivity (Wildman–Crippen MR) is 82.4 cm³/mol. The number of methoxy groups -OCH3 is 2. The Bertz CT molecular complexity index is 702. The van der Waals surface area contributed by atoms with Gasteiger partial charge in [-0.1, -0.05) is 12.2 Å². The summed E-state index contributed by atoms with van der Waals surface area (Å²) in [5.74, 6) is 1.65. The summed E-state index contributed by atoms with van der Waals surface area (Å²) in [6.07, 6.45) is 9.46. The molecule has 0 fully saturated rings. The zero-order chi connectivity index (χ0) is 15.3. The van der Waals surface area contributed by atoms with Gasteiger partial charge >= 0.3 is 0 Å². The summed E-state index contributed by atoms with van der Waals surface area (Å²) in [4.78, 5) is 11.6. The van der Waals surface area contributed by atoms with Gasteiger partial charge in [0.15, 0.2) is 17.3 Å². The van der Waals surface area contributed by atoms with E-state index < -0.39 is 0 Å². The number of allylic oxidation sites excluding steroid dienone is 4. The summed E-state index contributed by atoms with van der Waals surface area (Å²) in [7, 11) is 3.37. The standard InChI is InChI=1S/C18H19NO3/c1-21-14-9-11-5-8-19-13-10-18(6-3-12(20)4-7-18)16(15(11)13)17(14)22-2/h3-4,6-7,9,13,19H,5,8,10H2,1-2H3/p+1. The number of ether oxygens (including phenoxy) is 2. The maximum atomic E-state index is 11.6. The van der Waals surface area contributed by atoms with Gasteiger partial charge in [0.1, 0.15) is 6.04 Å². The van der Waals surface area contributed by atoms with E-state index in [1.807, 2.05) is 12.2 Å². The highest BCUT2D eigenvalue weighted by Crippen LogP contribution is 2.55. The number of hydrogen-bond acceptors (Lipinski definition) is 3. The molecule has 1 spiro atoms. The number of fused-ring (bicyclic) bond motifs is 1. The number of carbonyl (C=O) groups is 1. The molecule has 22 heavy (non-hydrogen) atoms. The smallest absolute Gasteiger partial charge is 0.178 e. The number of carbonyl (C=O) groups excluding carboxylic acids is 1. The van der Waals surface area contributed by atoms with Gasteiger partial charge in [-0.05, 0) is 23.8 Å². The molecule has 0 saturated carbocycles. The predicted octanol–water partition coefficient (Wildman–Crippen LogP) is 1.20. The van der Waals surface area contributed by atoms with Gasteiger partial charge in [0.2, 0.25) is 0 Å². The van der Waals surface area contributed by atoms with Crippen molar-refractivity contribution in [2.45, 2.75) is 24.3 Å². The molecule has 1 unspecified atom stereocenters. The quantitative estimate of drug-likeness (QED) is 0.892. The van der Waals surface area contributed by atoms with Crippen LogP contribution in [0.15, 0.2) is 30.4 Å². The second-order valence-electron chi connectivity index (χ2n) is 6.25. The summed E-state index contributed by atoms with van der Waals surface area (Å²) < 4.78 is 11.3. The number of rotatable bonds is 2. The Labute approximate surface area is 129 Å². The van der Waals surface area contributed by atoms with E-state index in [-0.39, 0.29) is 11.2 Å². The molecule has 114 valence electrons. The van der Waals surface area contributed by atoms with Crippen LogP contribution in [0.5, 0.6) is 11.5 Å². The molecule has 4 heteroatoms. The molecule has 4 rings (SSSR count). The summed E-state index contributed by atoms with van der Waals surface area (Å²) in [6.45, 7) is 1.09. The fourth-order valence-corrected chi connectivity index (χ4v) is 4.24. The second-order valence-corrected chi connectivity index (χ2v) is 6.25. The van der Waals surface area contributed by atoms with Crippen LogP contribution >= 0.6 is 0 Å². The van der Waals surface area contributed by atoms with Crippen LogP contribution in [0.2, 0.25) is 0 Å². The Morgan fingerprint density at radius 2 is 2.00 bits per heavy atom. The first kappa shape index (κ1) is 13.6. The topological polar surface area (TPSA) is 52.1 Å². The maximum Gasteiger partial charge on any atom is 0.178 e. The van der Waals surface area contributed by atoms with Crippen molar-refractivity contribution in [1.29, 1.82) is 0 Å². The maximum absolute atomic E-state index is 11.6. The van der Waals surface area contributed by atoms with Crippen molar-refractivity contribution in [1.82, 2.24) is 0 Å². The number of benzene rings is 1. The molecule has 1 aromatic rings. The summed E-state index contributed by atoms with van der Waals surface area (Å²) in [5, 5.41) is 2.41. The third-order valence-corrected chi connectivity index (χ3v) is 5.14. The van der Waals surface area contributed by atoms with Crippen LogP contribution in [0, 0.1) is 0 Å². The minimum atomic E-state index is -0.247. The molecule has 0 saturated heterocycles. The largest absolute Gasteiger partial charge is 0.493 e. The van der Waals surface area contributed by atoms with E-state index >= 15 is 0 Å². The Balaban J connectivity index is 2.01. The molecular formula is C18H20NO3+. The highest BCUT2D eigenvalue weighted by atomic mass is 16.5. The summed E-state index contributed by atoms with van der Waals surface area (Å²) in [5.41, 5.74) is 3.68. The van der Waals surface area contributed by atoms with Crippen molar-refractivity contribution < 1.29 is 19.6 Å². The van der Waals surface area contributed by atoms with Crippen LogP contribution in [0.3, 0.4) is 0 Å². The van der Waals surface area contributed by atoms with Crippen LogP contribution in [-0.2, 0) is 16.6 Å². The van der Waals surface area contributed by atoms with Gasteiger partial charge in [0, 0.05) is 29.4 Å². The van der Waals surface area contributed by atoms with Crippen molar-refractivity contribution in [2.24, 2.45) is 0 Å². The fraction of sp³-hybridized carbons (Fsp3) is 0.389. The van der Waals surface area contributed by atoms with Gasteiger partial charge in [-0.2, -0.15) is 0 Å². The SMILES string of the molecule is COc1cc2c3c(c1OC)C1(C=CC(=O)C=C1)CC3[NH2+]CC2. The second kappa shape index (κ2) is 4.71. The average Bonchev–Trinajstić information content (AvgIpc) is 2.86. The van der Waals surface area contributed by atoms with Crippen LogP contribution in [0.25, 0.3) is 0 Å². The molecule has 2 aliphatic carbocycles. The molecule has 1 heterocycles. The molecule has 0 radical (unpaired) electrons. The van der Waals surface area contributed by atoms with Gasteiger partial charge < -0.3 is 14.8 Å². The minimum Gasteiger partial charge on any atom is -0.493 e. The lowest BCUT2D eigenvalue weighted by atomic mass is 9.77. The van der Waals surface area contributed by atoms with Gasteiger partial charge in [0.25, 0.3) is 0 Å². The zero-order valence-electron chi connectivity index (χ0n) is 12.9. The van der Waals surface area contributed by atoms with Gasteiger partial charge in [-0.25, -0.2) is 0 Å². The molecule has 4 nitrogen and oxygen atoms in total. The molecule has 0 aromatic heterocycles. The Morgan fingerprint density at radius 1 is 1.23 bits per heavy atom. The van der Waals surface area contributed by atoms with E-state index in [2.05, 4.69) is 11.4 Å². The van der Waals surface area contributed by atoms with E-state index in [4.69, 9.17) is 9.47 Å². The molecule has 0 bridgehead atoms. The van der Waals surface area contributed by atoms with Gasteiger partial charge in [-0.15, -0.1) is 0 Å². The van der Waals surface area contributed by atoms with E-state index in [9.17, 15) is 4.79 Å². The molecule has 1 atom stereocenters. The zero-order valence-corrected chi connectivity index (χ0v) is 12.9. The summed E-state index contributed by atoms with van der Waals surface area (Å²) in [6, 6.07) is 2.55. The van der Waals surface area contributed by atoms with Crippen molar-refractivity contribution >= 4 is 5.78 Å². The lowest BCUT2D eigenvalue weighted by Gasteiger charge is -2.27. The lowest BCUT2D eigenvalue weighted by Crippen LogP contribution is -2.86. The van der Waals surface area contributed by atoms with E-state index in [0.29, 0.717) is 6.04 Å². The van der Waals surface area contributed by atoms with Crippen molar-refractivity contribution in [3.05, 3.63) is 47.1 Å². The lowest BCUT2D eigenvalue weighted by molar-refractivity contribution is -0.698. The minimum absolute atomic E-state index is 0.0524. The number of quaternary nitrogens is 1. The van der Waals surface area contributed by atoms with Crippen molar-refractivity contribution in [2.75, 3.05) is 20.8 Å². The molecule has 1 aromatic carbocycles. The Hall–Kier alpha value is -2.07. The molecule has 3 aliphatic rings. The van der Waals surface area contributed by atoms with Gasteiger partial charge in [-0.3, -0.25) is 4.79 Å². The van der Waals surface area contributed by atoms with Crippen LogP contribution < -0.4 is 14.8 Å². The van der Waals surface area contributed by atoms with E-state index in [1.165, 1.54) is 16.7 Å². The van der Waals surface area contributed by atoms with Crippen LogP contribution in [0.4, 0.5) is 0 Å². The van der Waals surface area contributed by atoms with Crippen LogP contribution in [0.1, 0.15) is 29.2 Å². The number of ketones is 1. The third kappa shape index (κ3) is 1.70. The first-order valence-corrected chi connectivity index (χ1v) is 7.72. The third-order valence-electron chi connectivity index (χ3n) is 5.14. The Kier molecular flexibility index (Phi) is 2.91. The fourth-order valence-electron chi connectivity index (χ4n) is 4.24. The highest BCUT2D eigenvalue weighted by Gasteiger charge is 2.49. The normalized spacial score (nSPS) is 23.7. The van der Waals surface area contributed by atoms with Crippen LogP contribution in [-0.4, -0.2) is 26.5 Å². The molecule has 2 N–H and O–H groups in total. The molecule has 0 amide bonds. The summed E-state index contributed by atoms with van der Waals surface area (Å²) >= 11 is 0. The highest BCUT2D eigenvalue weighted by molar-refractivity contribution is 6.01. The first-order chi connectivity index (χ1) is 10.7. The van der Waals surface area contributed by atoms with Gasteiger partial charge in [0.05, 0.1) is 20.8 Å². The molecular weight excluding hydrogens is 278 g/mol. The van der Waals surface area contributed by atoms with Crippen molar-refractivity contribution in [3.8, 4) is 11.5 Å². The number of hydrogen-bond donors (Lipinski definition) is 1. The van der Waals surface area contributed by atoms with Crippen molar-refractivity contribution in [3.63, 3.8) is 0 Å². The monoisotopic (exact) mass is 298 g/mol. The van der Waals surface area contributed by atoms with E-state index in [1.54, 1.807) is 26.4 Å². The number of nitrogens with two attached hydrogens (primary N) is 1. The van der Waals surface area contributed by atoms with E-state index in [0.717, 1.165) is 30.9 Å². The Morgan fingerprint density at radius 3 is 2.68 bits per heavy atom.